The molecule has 0 aliphatic carbocycles. The third-order valence-corrected chi connectivity index (χ3v) is 6.52. The minimum Gasteiger partial charge on any atom is -0.292 e. The van der Waals surface area contributed by atoms with E-state index in [4.69, 9.17) is 5.21 Å². The summed E-state index contributed by atoms with van der Waals surface area (Å²) in [5.74, 6) is 0. The van der Waals surface area contributed by atoms with Crippen LogP contribution < -0.4 is 5.48 Å². The van der Waals surface area contributed by atoms with Crippen molar-refractivity contribution in [2.45, 2.75) is 10.6 Å². The Morgan fingerprint density at radius 1 is 1.25 bits per heavy atom. The Kier molecular flexibility index (Phi) is 4.79. The molecule has 0 atom stereocenters. The van der Waals surface area contributed by atoms with Gasteiger partial charge in [-0.05, 0) is 42.3 Å². The van der Waals surface area contributed by atoms with Gasteiger partial charge in [-0.2, -0.15) is 8.42 Å². The molecule has 24 heavy (non-hydrogen) atoms. The molecule has 3 aromatic rings. The second-order valence-corrected chi connectivity index (χ2v) is 8.08. The van der Waals surface area contributed by atoms with Gasteiger partial charge in [0.05, 0.1) is 10.6 Å². The lowest BCUT2D eigenvalue weighted by Gasteiger charge is -2.02. The summed E-state index contributed by atoms with van der Waals surface area (Å²) in [7, 11) is -3.62. The zero-order valence-corrected chi connectivity index (χ0v) is 14.2. The monoisotopic (exact) mass is 361 g/mol. The van der Waals surface area contributed by atoms with Crippen LogP contribution in [0.1, 0.15) is 5.56 Å². The quantitative estimate of drug-likeness (QED) is 0.660. The summed E-state index contributed by atoms with van der Waals surface area (Å²) < 4.78 is 26.9. The minimum atomic E-state index is -3.62. The van der Waals surface area contributed by atoms with Crippen molar-refractivity contribution in [3.05, 3.63) is 72.8 Å². The Balaban J connectivity index is 1.86. The molecule has 3 aromatic heterocycles. The highest BCUT2D eigenvalue weighted by Crippen LogP contribution is 2.30. The van der Waals surface area contributed by atoms with E-state index in [-0.39, 0.29) is 4.21 Å². The van der Waals surface area contributed by atoms with Gasteiger partial charge in [-0.15, -0.1) is 11.3 Å². The predicted molar refractivity (Wildman–Crippen MR) is 92.3 cm³/mol. The van der Waals surface area contributed by atoms with Crippen LogP contribution in [0.15, 0.2) is 71.5 Å². The highest BCUT2D eigenvalue weighted by atomic mass is 32.2. The fraction of sp³-hybridized carbons (Fsp3) is 0.0625. The largest absolute Gasteiger partial charge is 0.292 e. The van der Waals surface area contributed by atoms with Crippen LogP contribution in [0.3, 0.4) is 0 Å². The second kappa shape index (κ2) is 7.00. The van der Waals surface area contributed by atoms with Crippen molar-refractivity contribution in [2.24, 2.45) is 0 Å². The van der Waals surface area contributed by atoms with E-state index in [1.807, 2.05) is 23.7 Å². The van der Waals surface area contributed by atoms with Gasteiger partial charge in [0.15, 0.2) is 0 Å². The Hall–Kier alpha value is -2.42. The van der Waals surface area contributed by atoms with Crippen molar-refractivity contribution in [3.8, 4) is 10.6 Å². The van der Waals surface area contributed by atoms with Gasteiger partial charge in [0, 0.05) is 24.8 Å². The van der Waals surface area contributed by atoms with Crippen LogP contribution in [0.2, 0.25) is 0 Å². The summed E-state index contributed by atoms with van der Waals surface area (Å²) in [6, 6.07) is 10.6. The van der Waals surface area contributed by atoms with Crippen LogP contribution in [0.25, 0.3) is 10.6 Å². The van der Waals surface area contributed by atoms with Crippen molar-refractivity contribution < 1.29 is 13.6 Å². The molecule has 8 heteroatoms. The van der Waals surface area contributed by atoms with E-state index < -0.39 is 10.0 Å². The van der Waals surface area contributed by atoms with Crippen molar-refractivity contribution in [1.29, 1.82) is 0 Å². The zero-order chi connectivity index (χ0) is 17.0. The van der Waals surface area contributed by atoms with Crippen LogP contribution in [0, 0.1) is 0 Å². The van der Waals surface area contributed by atoms with Crippen molar-refractivity contribution in [1.82, 2.24) is 14.4 Å². The molecule has 0 saturated carbocycles. The molecule has 0 amide bonds. The number of aromatic nitrogens is 2. The minimum absolute atomic E-state index is 0.262. The van der Waals surface area contributed by atoms with Gasteiger partial charge in [-0.3, -0.25) is 15.7 Å². The topological polar surface area (TPSA) is 84.2 Å². The van der Waals surface area contributed by atoms with Gasteiger partial charge in [0.2, 0.25) is 0 Å². The Bertz CT molecular complexity index is 944. The fourth-order valence-corrected chi connectivity index (χ4v) is 4.75. The normalized spacial score (nSPS) is 11.9. The molecule has 6 nitrogen and oxygen atoms in total. The molecular weight excluding hydrogens is 346 g/mol. The maximum Gasteiger partial charge on any atom is 0.277 e. The fourth-order valence-electron chi connectivity index (χ4n) is 2.15. The summed E-state index contributed by atoms with van der Waals surface area (Å²) in [6.07, 6.45) is 8.35. The van der Waals surface area contributed by atoms with E-state index in [0.29, 0.717) is 6.42 Å². The predicted octanol–water partition coefficient (Wildman–Crippen LogP) is 2.88. The van der Waals surface area contributed by atoms with Crippen LogP contribution in [0.4, 0.5) is 0 Å². The Morgan fingerprint density at radius 3 is 2.88 bits per heavy atom. The van der Waals surface area contributed by atoms with Crippen molar-refractivity contribution >= 4 is 21.4 Å². The van der Waals surface area contributed by atoms with E-state index >= 15 is 0 Å². The first-order valence-corrected chi connectivity index (χ1v) is 9.35. The van der Waals surface area contributed by atoms with E-state index in [0.717, 1.165) is 16.1 Å². The maximum atomic E-state index is 12.7. The molecule has 0 saturated heterocycles. The Labute approximate surface area is 143 Å². The maximum absolute atomic E-state index is 12.7. The first-order valence-electron chi connectivity index (χ1n) is 7.09. The highest BCUT2D eigenvalue weighted by molar-refractivity contribution is 7.92. The summed E-state index contributed by atoms with van der Waals surface area (Å²) in [6.45, 7) is 0. The molecule has 124 valence electrons. The first-order chi connectivity index (χ1) is 11.6. The number of pyridine rings is 1. The molecule has 0 aliphatic heterocycles. The number of hydrogen-bond donors (Lipinski definition) is 2. The number of thiophene rings is 1. The second-order valence-electron chi connectivity index (χ2n) is 4.92. The highest BCUT2D eigenvalue weighted by Gasteiger charge is 2.19. The third-order valence-electron chi connectivity index (χ3n) is 3.31. The van der Waals surface area contributed by atoms with Crippen LogP contribution >= 0.6 is 11.3 Å². The summed E-state index contributed by atoms with van der Waals surface area (Å²) in [5, 5.41) is 8.48. The van der Waals surface area contributed by atoms with Crippen molar-refractivity contribution in [3.63, 3.8) is 0 Å². The molecule has 0 bridgehead atoms. The number of nitrogens with one attached hydrogen (secondary N) is 1. The molecule has 0 aliphatic rings. The van der Waals surface area contributed by atoms with E-state index in [1.54, 1.807) is 36.7 Å². The summed E-state index contributed by atoms with van der Waals surface area (Å²) >= 11 is 1.19. The molecule has 0 radical (unpaired) electrons. The number of hydrogen-bond acceptors (Lipinski definition) is 6. The molecule has 0 aromatic carbocycles. The molecule has 0 unspecified atom stereocenters. The van der Waals surface area contributed by atoms with Crippen LogP contribution in [0.5, 0.6) is 0 Å². The standard InChI is InChI=1S/C16H15N3O3S2/c20-18-10-3-4-13-8-11-19(12-13)24(21,22)16-7-6-15(23-16)14-5-1-2-9-17-14/h1-3,5-12,18,20H,4H2/b10-3+. The number of rotatable bonds is 6. The van der Waals surface area contributed by atoms with E-state index in [2.05, 4.69) is 4.98 Å². The lowest BCUT2D eigenvalue weighted by atomic mass is 10.2. The molecule has 3 rings (SSSR count). The summed E-state index contributed by atoms with van der Waals surface area (Å²) in [4.78, 5) is 5.04. The lowest BCUT2D eigenvalue weighted by molar-refractivity contribution is 0.214. The SMILES string of the molecule is O=S(=O)(c1ccc(-c2ccccn2)s1)n1ccc(C/C=C/NO)c1. The molecular formula is C16H15N3O3S2. The lowest BCUT2D eigenvalue weighted by Crippen LogP contribution is -2.09. The number of nitrogens with zero attached hydrogens (tertiary/aromatic N) is 2. The van der Waals surface area contributed by atoms with Gasteiger partial charge in [0.1, 0.15) is 4.21 Å². The molecule has 3 heterocycles. The van der Waals surface area contributed by atoms with E-state index in [9.17, 15) is 8.42 Å². The van der Waals surface area contributed by atoms with Gasteiger partial charge in [-0.25, -0.2) is 3.97 Å². The molecule has 2 N–H and O–H groups in total. The molecule has 0 spiro atoms. The first kappa shape index (κ1) is 16.4. The smallest absolute Gasteiger partial charge is 0.277 e. The average Bonchev–Trinajstić information content (AvgIpc) is 3.26. The third kappa shape index (κ3) is 3.40. The summed E-state index contributed by atoms with van der Waals surface area (Å²) in [5.41, 5.74) is 3.48. The van der Waals surface area contributed by atoms with E-state index in [1.165, 1.54) is 27.7 Å². The number of hydroxylamine groups is 1. The molecule has 0 fully saturated rings. The zero-order valence-electron chi connectivity index (χ0n) is 12.5. The van der Waals surface area contributed by atoms with Crippen molar-refractivity contribution in [2.75, 3.05) is 0 Å². The van der Waals surface area contributed by atoms with Gasteiger partial charge in [0.25, 0.3) is 10.0 Å². The van der Waals surface area contributed by atoms with Crippen LogP contribution in [-0.2, 0) is 16.4 Å². The van der Waals surface area contributed by atoms with Gasteiger partial charge in [-0.1, -0.05) is 12.1 Å². The van der Waals surface area contributed by atoms with Gasteiger partial charge < -0.3 is 0 Å². The van der Waals surface area contributed by atoms with Crippen LogP contribution in [-0.4, -0.2) is 22.6 Å². The average molecular weight is 361 g/mol. The number of allylic oxidation sites excluding steroid dienone is 1. The Morgan fingerprint density at radius 2 is 2.12 bits per heavy atom. The van der Waals surface area contributed by atoms with Gasteiger partial charge >= 0.3 is 0 Å².